The molecule has 9 nitrogen and oxygen atoms in total. The molecule has 10 heteroatoms. The molecule has 170 valence electrons. The van der Waals surface area contributed by atoms with Crippen LogP contribution in [0.4, 0.5) is 17.6 Å². The number of nitrogens with zero attached hydrogens (tertiary/aromatic N) is 5. The molecule has 1 atom stereocenters. The van der Waals surface area contributed by atoms with E-state index in [1.165, 1.54) is 11.8 Å². The maximum absolute atomic E-state index is 13.2. The van der Waals surface area contributed by atoms with Crippen LogP contribution in [0, 0.1) is 6.92 Å². The van der Waals surface area contributed by atoms with E-state index < -0.39 is 0 Å². The molecule has 4 rings (SSSR count). The van der Waals surface area contributed by atoms with Crippen molar-refractivity contribution in [2.24, 2.45) is 0 Å². The molecule has 0 saturated carbocycles. The lowest BCUT2D eigenvalue weighted by molar-refractivity contribution is 0.156. The Balaban J connectivity index is 1.64. The summed E-state index contributed by atoms with van der Waals surface area (Å²) in [6.45, 7) is 4.31. The highest BCUT2D eigenvalue weighted by Crippen LogP contribution is 2.25. The monoisotopic (exact) mass is 463 g/mol. The lowest BCUT2D eigenvalue weighted by atomic mass is 10.2. The number of nitrogen functional groups attached to an aromatic ring is 1. The first-order valence-corrected chi connectivity index (χ1v) is 11.4. The maximum Gasteiger partial charge on any atom is 0.262 e. The predicted octanol–water partition coefficient (Wildman–Crippen LogP) is 3.72. The molecule has 3 N–H and O–H groups in total. The van der Waals surface area contributed by atoms with Crippen molar-refractivity contribution in [3.63, 3.8) is 0 Å². The fraction of sp³-hybridized carbons (Fsp3) is 0.261. The Morgan fingerprint density at radius 2 is 1.85 bits per heavy atom. The summed E-state index contributed by atoms with van der Waals surface area (Å²) >= 11 is 1.37. The molecule has 2 aromatic carbocycles. The number of benzene rings is 2. The predicted molar refractivity (Wildman–Crippen MR) is 131 cm³/mol. The van der Waals surface area contributed by atoms with E-state index in [9.17, 15) is 4.79 Å². The Hall–Kier alpha value is -3.50. The first-order chi connectivity index (χ1) is 16.0. The summed E-state index contributed by atoms with van der Waals surface area (Å²) in [5, 5.41) is 4.33. The number of hydrogen-bond donors (Lipinski definition) is 2. The number of methoxy groups -OCH3 is 1. The molecule has 0 radical (unpaired) electrons. The number of nitrogens with two attached hydrogens (primary N) is 1. The van der Waals surface area contributed by atoms with Crippen molar-refractivity contribution in [3.05, 3.63) is 70.3 Å². The Bertz CT molecular complexity index is 1340. The van der Waals surface area contributed by atoms with Gasteiger partial charge in [-0.05, 0) is 37.6 Å². The topological polar surface area (TPSA) is 121 Å². The first-order valence-electron chi connectivity index (χ1n) is 10.4. The second-order valence-corrected chi connectivity index (χ2v) is 8.50. The van der Waals surface area contributed by atoms with Crippen LogP contribution in [-0.2, 0) is 10.5 Å². The average Bonchev–Trinajstić information content (AvgIpc) is 2.79. The normalized spacial score (nSPS) is 12.1. The summed E-state index contributed by atoms with van der Waals surface area (Å²) in [4.78, 5) is 30.9. The minimum absolute atomic E-state index is 0.107. The number of nitrogens with one attached hydrogen (secondary N) is 1. The number of hydrogen-bond acceptors (Lipinski definition) is 9. The van der Waals surface area contributed by atoms with Crippen molar-refractivity contribution in [2.75, 3.05) is 24.8 Å². The lowest BCUT2D eigenvalue weighted by Gasteiger charge is -2.18. The Morgan fingerprint density at radius 1 is 1.09 bits per heavy atom. The SMILES string of the molecule is COC[C@H](C)n1c(SCc2nc(N)nc(Nc3ccccc3C)n2)nc2ccccc2c1=O. The van der Waals surface area contributed by atoms with Crippen LogP contribution in [0.1, 0.15) is 24.4 Å². The molecule has 0 aliphatic rings. The third kappa shape index (κ3) is 5.12. The number of ether oxygens (including phenoxy) is 1. The molecule has 0 aliphatic heterocycles. The quantitative estimate of drug-likeness (QED) is 0.297. The lowest BCUT2D eigenvalue weighted by Crippen LogP contribution is -2.28. The van der Waals surface area contributed by atoms with E-state index in [1.54, 1.807) is 17.7 Å². The van der Waals surface area contributed by atoms with Gasteiger partial charge in [-0.1, -0.05) is 42.1 Å². The molecule has 0 bridgehead atoms. The maximum atomic E-state index is 13.2. The molecule has 0 unspecified atom stereocenters. The van der Waals surface area contributed by atoms with Crippen LogP contribution in [-0.4, -0.2) is 38.2 Å². The van der Waals surface area contributed by atoms with Crippen LogP contribution >= 0.6 is 11.8 Å². The number of para-hydroxylation sites is 2. The Kier molecular flexibility index (Phi) is 6.85. The highest BCUT2D eigenvalue weighted by atomic mass is 32.2. The van der Waals surface area contributed by atoms with Gasteiger partial charge in [0.2, 0.25) is 11.9 Å². The average molecular weight is 464 g/mol. The fourth-order valence-corrected chi connectivity index (χ4v) is 4.41. The third-order valence-electron chi connectivity index (χ3n) is 5.05. The summed E-state index contributed by atoms with van der Waals surface area (Å²) in [6.07, 6.45) is 0. The van der Waals surface area contributed by atoms with Crippen LogP contribution in [0.15, 0.2) is 58.5 Å². The summed E-state index contributed by atoms with van der Waals surface area (Å²) < 4.78 is 6.95. The van der Waals surface area contributed by atoms with Gasteiger partial charge in [0, 0.05) is 12.8 Å². The van der Waals surface area contributed by atoms with Crippen LogP contribution in [0.25, 0.3) is 10.9 Å². The number of fused-ring (bicyclic) bond motifs is 1. The number of aromatic nitrogens is 5. The van der Waals surface area contributed by atoms with Gasteiger partial charge in [-0.25, -0.2) is 4.98 Å². The second kappa shape index (κ2) is 9.97. The zero-order valence-corrected chi connectivity index (χ0v) is 19.5. The highest BCUT2D eigenvalue weighted by Gasteiger charge is 2.17. The van der Waals surface area contributed by atoms with E-state index in [2.05, 4.69) is 20.3 Å². The summed E-state index contributed by atoms with van der Waals surface area (Å²) in [7, 11) is 1.61. The molecular formula is C23H25N7O2S. The molecule has 33 heavy (non-hydrogen) atoms. The second-order valence-electron chi connectivity index (χ2n) is 7.55. The van der Waals surface area contributed by atoms with Crippen molar-refractivity contribution < 1.29 is 4.74 Å². The zero-order chi connectivity index (χ0) is 23.4. The molecule has 4 aromatic rings. The number of aryl methyl sites for hydroxylation is 1. The van der Waals surface area contributed by atoms with E-state index in [1.807, 2.05) is 56.3 Å². The summed E-state index contributed by atoms with van der Waals surface area (Å²) in [5.74, 6) is 1.33. The smallest absolute Gasteiger partial charge is 0.262 e. The molecule has 2 aromatic heterocycles. The van der Waals surface area contributed by atoms with Crippen LogP contribution in [0.2, 0.25) is 0 Å². The third-order valence-corrected chi connectivity index (χ3v) is 5.99. The van der Waals surface area contributed by atoms with E-state index in [0.29, 0.717) is 40.2 Å². The van der Waals surface area contributed by atoms with Gasteiger partial charge < -0.3 is 15.8 Å². The van der Waals surface area contributed by atoms with Gasteiger partial charge in [0.25, 0.3) is 5.56 Å². The largest absolute Gasteiger partial charge is 0.383 e. The molecule has 0 aliphatic carbocycles. The fourth-order valence-electron chi connectivity index (χ4n) is 3.45. The van der Waals surface area contributed by atoms with Gasteiger partial charge in [-0.15, -0.1) is 0 Å². The van der Waals surface area contributed by atoms with Crippen molar-refractivity contribution in [2.45, 2.75) is 30.8 Å². The minimum atomic E-state index is -0.191. The molecule has 0 fully saturated rings. The summed E-state index contributed by atoms with van der Waals surface area (Å²) in [6, 6.07) is 15.0. The van der Waals surface area contributed by atoms with Crippen molar-refractivity contribution in [1.29, 1.82) is 0 Å². The molecule has 2 heterocycles. The van der Waals surface area contributed by atoms with Crippen LogP contribution in [0.5, 0.6) is 0 Å². The summed E-state index contributed by atoms with van der Waals surface area (Å²) in [5.41, 5.74) is 8.42. The first kappa shape index (κ1) is 22.7. The minimum Gasteiger partial charge on any atom is -0.383 e. The standard InChI is InChI=1S/C23H25N7O2S/c1-14-8-4-6-10-17(14)25-22-28-19(27-21(24)29-22)13-33-23-26-18-11-7-5-9-16(18)20(31)30(23)15(2)12-32-3/h4-11,15H,12-13H2,1-3H3,(H3,24,25,27,28,29)/t15-/m0/s1. The number of rotatable bonds is 8. The van der Waals surface area contributed by atoms with Crippen molar-refractivity contribution in [3.8, 4) is 0 Å². The van der Waals surface area contributed by atoms with E-state index >= 15 is 0 Å². The van der Waals surface area contributed by atoms with Gasteiger partial charge in [0.1, 0.15) is 5.82 Å². The van der Waals surface area contributed by atoms with E-state index in [4.69, 9.17) is 15.5 Å². The van der Waals surface area contributed by atoms with Gasteiger partial charge in [0.15, 0.2) is 5.16 Å². The Morgan fingerprint density at radius 3 is 2.64 bits per heavy atom. The van der Waals surface area contributed by atoms with Gasteiger partial charge in [0.05, 0.1) is 29.3 Å². The van der Waals surface area contributed by atoms with Gasteiger partial charge in [-0.2, -0.15) is 15.0 Å². The molecule has 0 saturated heterocycles. The van der Waals surface area contributed by atoms with Crippen LogP contribution in [0.3, 0.4) is 0 Å². The molecule has 0 spiro atoms. The van der Waals surface area contributed by atoms with Crippen molar-refractivity contribution >= 4 is 40.2 Å². The Labute approximate surface area is 195 Å². The van der Waals surface area contributed by atoms with Gasteiger partial charge >= 0.3 is 0 Å². The number of anilines is 3. The molecule has 0 amide bonds. The zero-order valence-electron chi connectivity index (χ0n) is 18.6. The van der Waals surface area contributed by atoms with Crippen molar-refractivity contribution in [1.82, 2.24) is 24.5 Å². The highest BCUT2D eigenvalue weighted by molar-refractivity contribution is 7.98. The molecular weight excluding hydrogens is 438 g/mol. The van der Waals surface area contributed by atoms with Crippen LogP contribution < -0.4 is 16.6 Å². The van der Waals surface area contributed by atoms with E-state index in [0.717, 1.165) is 11.3 Å². The number of thioether (sulfide) groups is 1. The van der Waals surface area contributed by atoms with Gasteiger partial charge in [-0.3, -0.25) is 9.36 Å². The van der Waals surface area contributed by atoms with E-state index in [-0.39, 0.29) is 17.5 Å².